The third kappa shape index (κ3) is 2.97. The van der Waals surface area contributed by atoms with Crippen molar-refractivity contribution in [2.75, 3.05) is 12.4 Å². The first-order chi connectivity index (χ1) is 9.51. The largest absolute Gasteiger partial charge is 0.496 e. The van der Waals surface area contributed by atoms with Gasteiger partial charge >= 0.3 is 5.69 Å². The number of H-pyrrole nitrogens is 2. The van der Waals surface area contributed by atoms with E-state index in [1.807, 2.05) is 4.98 Å². The van der Waals surface area contributed by atoms with E-state index >= 15 is 0 Å². The molecule has 0 aliphatic carbocycles. The Morgan fingerprint density at radius 1 is 1.35 bits per heavy atom. The van der Waals surface area contributed by atoms with Crippen LogP contribution in [0.1, 0.15) is 10.4 Å². The molecule has 0 aliphatic heterocycles. The average Bonchev–Trinajstić information content (AvgIpc) is 2.41. The minimum Gasteiger partial charge on any atom is -0.496 e. The van der Waals surface area contributed by atoms with E-state index in [1.165, 1.54) is 7.11 Å². The van der Waals surface area contributed by atoms with Gasteiger partial charge < -0.3 is 15.0 Å². The maximum Gasteiger partial charge on any atom is 0.325 e. The minimum atomic E-state index is -0.672. The van der Waals surface area contributed by atoms with Gasteiger partial charge in [0.05, 0.1) is 11.6 Å². The quantitative estimate of drug-likeness (QED) is 0.778. The number of hydrogen-bond donors (Lipinski definition) is 3. The van der Waals surface area contributed by atoms with Crippen molar-refractivity contribution in [3.63, 3.8) is 0 Å². The number of halogens is 1. The van der Waals surface area contributed by atoms with Gasteiger partial charge in [0.25, 0.3) is 11.5 Å². The van der Waals surface area contributed by atoms with Gasteiger partial charge in [-0.15, -0.1) is 0 Å². The van der Waals surface area contributed by atoms with Gasteiger partial charge in [0, 0.05) is 11.8 Å². The van der Waals surface area contributed by atoms with E-state index in [9.17, 15) is 14.4 Å². The maximum atomic E-state index is 12.0. The summed E-state index contributed by atoms with van der Waals surface area (Å²) >= 11 is 3.26. The Bertz CT molecular complexity index is 766. The van der Waals surface area contributed by atoms with E-state index in [0.717, 1.165) is 6.20 Å². The van der Waals surface area contributed by atoms with E-state index in [2.05, 4.69) is 26.2 Å². The highest BCUT2D eigenvalue weighted by Gasteiger charge is 2.11. The molecular weight excluding hydrogens is 330 g/mol. The summed E-state index contributed by atoms with van der Waals surface area (Å²) in [5.41, 5.74) is -1.01. The Balaban J connectivity index is 2.26. The number of ether oxygens (including phenoxy) is 1. The third-order valence-corrected chi connectivity index (χ3v) is 3.10. The van der Waals surface area contributed by atoms with Crippen LogP contribution in [0.25, 0.3) is 0 Å². The van der Waals surface area contributed by atoms with Crippen LogP contribution >= 0.6 is 15.9 Å². The van der Waals surface area contributed by atoms with Crippen LogP contribution in [0.15, 0.2) is 38.5 Å². The first-order valence-electron chi connectivity index (χ1n) is 5.48. The maximum absolute atomic E-state index is 12.0. The lowest BCUT2D eigenvalue weighted by Gasteiger charge is -2.07. The predicted molar refractivity (Wildman–Crippen MR) is 76.3 cm³/mol. The summed E-state index contributed by atoms with van der Waals surface area (Å²) in [5.74, 6) is 0.106. The van der Waals surface area contributed by atoms with Crippen molar-refractivity contribution in [1.82, 2.24) is 9.97 Å². The lowest BCUT2D eigenvalue weighted by molar-refractivity contribution is 0.102. The minimum absolute atomic E-state index is 0.0402. The second-order valence-corrected chi connectivity index (χ2v) is 4.64. The molecule has 1 heterocycles. The van der Waals surface area contributed by atoms with Gasteiger partial charge in [-0.25, -0.2) is 4.79 Å². The number of aromatic nitrogens is 2. The zero-order chi connectivity index (χ0) is 14.7. The number of rotatable bonds is 3. The molecule has 1 amide bonds. The first-order valence-corrected chi connectivity index (χ1v) is 6.27. The summed E-state index contributed by atoms with van der Waals surface area (Å²) in [4.78, 5) is 38.6. The van der Waals surface area contributed by atoms with Crippen molar-refractivity contribution in [3.8, 4) is 5.75 Å². The van der Waals surface area contributed by atoms with Crippen LogP contribution in [0, 0.1) is 0 Å². The van der Waals surface area contributed by atoms with Crippen molar-refractivity contribution < 1.29 is 9.53 Å². The molecule has 2 rings (SSSR count). The van der Waals surface area contributed by atoms with Crippen LogP contribution in [0.4, 0.5) is 5.69 Å². The summed E-state index contributed by atoms with van der Waals surface area (Å²) in [6.45, 7) is 0. The van der Waals surface area contributed by atoms with Crippen LogP contribution in [-0.2, 0) is 0 Å². The number of methoxy groups -OCH3 is 1. The molecule has 1 aromatic carbocycles. The average molecular weight is 340 g/mol. The standard InChI is InChI=1S/C12H10BrN3O4/c1-20-9-3-2-6(4-7(9)13)10(17)15-8-5-14-12(19)16-11(8)18/h2-5H,1H3,(H,15,17)(H2,14,16,18,19). The Hall–Kier alpha value is -2.35. The van der Waals surface area contributed by atoms with Crippen molar-refractivity contribution in [2.45, 2.75) is 0 Å². The van der Waals surface area contributed by atoms with Gasteiger partial charge in [-0.2, -0.15) is 0 Å². The zero-order valence-electron chi connectivity index (χ0n) is 10.3. The van der Waals surface area contributed by atoms with Gasteiger partial charge in [-0.3, -0.25) is 14.6 Å². The smallest absolute Gasteiger partial charge is 0.325 e. The Morgan fingerprint density at radius 2 is 2.10 bits per heavy atom. The molecule has 0 bridgehead atoms. The SMILES string of the molecule is COc1ccc(C(=O)Nc2c[nH]c(=O)[nH]c2=O)cc1Br. The fourth-order valence-electron chi connectivity index (χ4n) is 1.50. The molecule has 8 heteroatoms. The molecule has 1 aromatic heterocycles. The van der Waals surface area contributed by atoms with Gasteiger partial charge in [-0.1, -0.05) is 0 Å². The predicted octanol–water partition coefficient (Wildman–Crippen LogP) is 1.09. The lowest BCUT2D eigenvalue weighted by atomic mass is 10.2. The molecule has 0 aliphatic rings. The van der Waals surface area contributed by atoms with Gasteiger partial charge in [0.2, 0.25) is 0 Å². The van der Waals surface area contributed by atoms with Gasteiger partial charge in [0.15, 0.2) is 0 Å². The molecule has 0 unspecified atom stereocenters. The number of anilines is 1. The summed E-state index contributed by atoms with van der Waals surface area (Å²) in [6, 6.07) is 4.74. The molecule has 20 heavy (non-hydrogen) atoms. The number of nitrogens with one attached hydrogen (secondary N) is 3. The van der Waals surface area contributed by atoms with E-state index in [4.69, 9.17) is 4.74 Å². The number of hydrogen-bond acceptors (Lipinski definition) is 4. The molecule has 0 fully saturated rings. The van der Waals surface area contributed by atoms with E-state index in [-0.39, 0.29) is 5.69 Å². The molecule has 0 radical (unpaired) electrons. The molecule has 0 saturated heterocycles. The molecule has 104 valence electrons. The topological polar surface area (TPSA) is 104 Å². The zero-order valence-corrected chi connectivity index (χ0v) is 11.9. The highest BCUT2D eigenvalue weighted by Crippen LogP contribution is 2.25. The van der Waals surface area contributed by atoms with Gasteiger partial charge in [0.1, 0.15) is 11.4 Å². The number of carbonyl (C=O) groups is 1. The Kier molecular flexibility index (Phi) is 4.04. The number of aromatic amines is 2. The normalized spacial score (nSPS) is 10.1. The highest BCUT2D eigenvalue weighted by molar-refractivity contribution is 9.10. The van der Waals surface area contributed by atoms with Crippen LogP contribution in [0.3, 0.4) is 0 Å². The first kappa shape index (κ1) is 14.1. The number of benzene rings is 1. The lowest BCUT2D eigenvalue weighted by Crippen LogP contribution is -2.26. The van der Waals surface area contributed by atoms with Crippen LogP contribution in [0.5, 0.6) is 5.75 Å². The van der Waals surface area contributed by atoms with Crippen LogP contribution < -0.4 is 21.3 Å². The Morgan fingerprint density at radius 3 is 2.70 bits per heavy atom. The van der Waals surface area contributed by atoms with E-state index in [0.29, 0.717) is 15.8 Å². The van der Waals surface area contributed by atoms with E-state index in [1.54, 1.807) is 18.2 Å². The number of carbonyl (C=O) groups excluding carboxylic acids is 1. The second-order valence-electron chi connectivity index (χ2n) is 3.79. The van der Waals surface area contributed by atoms with E-state index < -0.39 is 17.2 Å². The molecular formula is C12H10BrN3O4. The molecule has 0 spiro atoms. The van der Waals surface area contributed by atoms with Crippen molar-refractivity contribution in [1.29, 1.82) is 0 Å². The summed E-state index contributed by atoms with van der Waals surface area (Å²) in [7, 11) is 1.51. The Labute approximate surface area is 121 Å². The fourth-order valence-corrected chi connectivity index (χ4v) is 2.05. The van der Waals surface area contributed by atoms with Crippen molar-refractivity contribution >= 4 is 27.5 Å². The third-order valence-electron chi connectivity index (χ3n) is 2.48. The summed E-state index contributed by atoms with van der Waals surface area (Å²) in [6.07, 6.45) is 1.14. The number of amides is 1. The molecule has 2 aromatic rings. The monoisotopic (exact) mass is 339 g/mol. The van der Waals surface area contributed by atoms with Gasteiger partial charge in [-0.05, 0) is 34.1 Å². The molecule has 0 atom stereocenters. The molecule has 3 N–H and O–H groups in total. The highest BCUT2D eigenvalue weighted by atomic mass is 79.9. The van der Waals surface area contributed by atoms with Crippen molar-refractivity contribution in [2.24, 2.45) is 0 Å². The van der Waals surface area contributed by atoms with Crippen LogP contribution in [0.2, 0.25) is 0 Å². The van der Waals surface area contributed by atoms with Crippen molar-refractivity contribution in [3.05, 3.63) is 55.3 Å². The molecule has 0 saturated carbocycles. The summed E-state index contributed by atoms with van der Waals surface area (Å²) < 4.78 is 5.67. The summed E-state index contributed by atoms with van der Waals surface area (Å²) in [5, 5.41) is 2.40. The van der Waals surface area contributed by atoms with Crippen LogP contribution in [-0.4, -0.2) is 23.0 Å². The second kappa shape index (κ2) is 5.74. The fraction of sp³-hybridized carbons (Fsp3) is 0.0833. The molecule has 7 nitrogen and oxygen atoms in total.